The van der Waals surface area contributed by atoms with Gasteiger partial charge >= 0.3 is 17.9 Å². The van der Waals surface area contributed by atoms with Crippen molar-refractivity contribution in [2.75, 3.05) is 6.61 Å². The van der Waals surface area contributed by atoms with Crippen LogP contribution in [0.1, 0.15) is 38.0 Å². The monoisotopic (exact) mass is 504 g/mol. The van der Waals surface area contributed by atoms with Crippen LogP contribution in [-0.2, 0) is 23.7 Å². The lowest BCUT2D eigenvalue weighted by atomic mass is 10.0. The minimum Gasteiger partial charge on any atom is -0.459 e. The fourth-order valence-electron chi connectivity index (χ4n) is 3.82. The first-order valence-corrected chi connectivity index (χ1v) is 11.4. The van der Waals surface area contributed by atoms with E-state index in [-0.39, 0.29) is 16.7 Å². The van der Waals surface area contributed by atoms with E-state index in [9.17, 15) is 24.3 Å². The van der Waals surface area contributed by atoms with Gasteiger partial charge in [0, 0.05) is 6.92 Å². The van der Waals surface area contributed by atoms with Gasteiger partial charge in [0.2, 0.25) is 6.10 Å². The number of benzene rings is 3. The molecule has 0 saturated carbocycles. The summed E-state index contributed by atoms with van der Waals surface area (Å²) in [6, 6.07) is 24.0. The quantitative estimate of drug-likeness (QED) is 0.364. The standard InChI is InChI=1S/C28H24O9/c1-18(29)28(33)24(36-27(32)21-15-9-4-10-16-21)23(35-26(31)20-13-7-3-8-14-20)22(37-28)17-34-25(30)19-11-5-2-6-12-19/h2-16,22-24,33H,17H2,1H3/t22-,23-,24+,28?/m1/s1. The number of carbonyl (C=O) groups excluding carboxylic acids is 4. The maximum atomic E-state index is 12.9. The van der Waals surface area contributed by atoms with E-state index in [1.807, 2.05) is 0 Å². The third-order valence-corrected chi connectivity index (χ3v) is 5.77. The van der Waals surface area contributed by atoms with Crippen LogP contribution in [0.15, 0.2) is 91.0 Å². The minimum atomic E-state index is -2.66. The number of hydrogen-bond acceptors (Lipinski definition) is 9. The molecule has 1 saturated heterocycles. The molecular formula is C28H24O9. The molecule has 3 aromatic carbocycles. The van der Waals surface area contributed by atoms with Gasteiger partial charge in [0.1, 0.15) is 12.7 Å². The molecule has 1 aliphatic heterocycles. The number of aliphatic hydroxyl groups is 1. The summed E-state index contributed by atoms with van der Waals surface area (Å²) in [6.45, 7) is 0.535. The maximum absolute atomic E-state index is 12.9. The Morgan fingerprint density at radius 3 is 1.62 bits per heavy atom. The number of esters is 3. The van der Waals surface area contributed by atoms with Gasteiger partial charge in [-0.2, -0.15) is 0 Å². The second-order valence-electron chi connectivity index (χ2n) is 8.30. The van der Waals surface area contributed by atoms with E-state index in [0.717, 1.165) is 6.92 Å². The van der Waals surface area contributed by atoms with E-state index in [2.05, 4.69) is 0 Å². The fourth-order valence-corrected chi connectivity index (χ4v) is 3.82. The molecule has 1 heterocycles. The normalized spacial score (nSPS) is 22.6. The molecule has 3 aromatic rings. The van der Waals surface area contributed by atoms with Gasteiger partial charge in [0.15, 0.2) is 11.9 Å². The maximum Gasteiger partial charge on any atom is 0.338 e. The van der Waals surface area contributed by atoms with Crippen molar-refractivity contribution in [3.63, 3.8) is 0 Å². The van der Waals surface area contributed by atoms with Crippen molar-refractivity contribution in [1.29, 1.82) is 0 Å². The van der Waals surface area contributed by atoms with E-state index in [1.165, 1.54) is 24.3 Å². The summed E-state index contributed by atoms with van der Waals surface area (Å²) in [5.74, 6) is -5.95. The highest BCUT2D eigenvalue weighted by atomic mass is 16.7. The second-order valence-corrected chi connectivity index (χ2v) is 8.30. The molecule has 9 nitrogen and oxygen atoms in total. The molecule has 1 unspecified atom stereocenters. The van der Waals surface area contributed by atoms with Crippen LogP contribution in [0.5, 0.6) is 0 Å². The van der Waals surface area contributed by atoms with Crippen molar-refractivity contribution in [2.45, 2.75) is 31.0 Å². The molecule has 4 rings (SSSR count). The summed E-state index contributed by atoms with van der Waals surface area (Å²) in [6.07, 6.45) is -4.56. The van der Waals surface area contributed by atoms with Gasteiger partial charge < -0.3 is 24.1 Å². The average molecular weight is 504 g/mol. The molecular weight excluding hydrogens is 480 g/mol. The molecule has 0 bridgehead atoms. The van der Waals surface area contributed by atoms with Crippen molar-refractivity contribution in [2.24, 2.45) is 0 Å². The number of Topliss-reactive ketones (excluding diaryl/α,β-unsaturated/α-hetero) is 1. The first kappa shape index (κ1) is 25.7. The van der Waals surface area contributed by atoms with Crippen LogP contribution in [-0.4, -0.2) is 59.5 Å². The molecule has 190 valence electrons. The lowest BCUT2D eigenvalue weighted by Crippen LogP contribution is -2.52. The van der Waals surface area contributed by atoms with E-state index in [1.54, 1.807) is 66.7 Å². The van der Waals surface area contributed by atoms with Crippen LogP contribution < -0.4 is 0 Å². The highest BCUT2D eigenvalue weighted by molar-refractivity contribution is 5.92. The summed E-state index contributed by atoms with van der Waals surface area (Å²) < 4.78 is 22.0. The molecule has 37 heavy (non-hydrogen) atoms. The topological polar surface area (TPSA) is 125 Å². The van der Waals surface area contributed by atoms with Crippen molar-refractivity contribution in [3.05, 3.63) is 108 Å². The molecule has 1 N–H and O–H groups in total. The zero-order valence-electron chi connectivity index (χ0n) is 19.8. The number of ether oxygens (including phenoxy) is 4. The van der Waals surface area contributed by atoms with E-state index in [4.69, 9.17) is 18.9 Å². The van der Waals surface area contributed by atoms with E-state index < -0.39 is 54.4 Å². The van der Waals surface area contributed by atoms with Crippen molar-refractivity contribution >= 4 is 23.7 Å². The molecule has 1 aliphatic rings. The fraction of sp³-hybridized carbons (Fsp3) is 0.214. The first-order chi connectivity index (χ1) is 17.8. The Labute approximate surface area is 212 Å². The molecule has 9 heteroatoms. The summed E-state index contributed by atoms with van der Waals surface area (Å²) >= 11 is 0. The number of hydrogen-bond donors (Lipinski definition) is 1. The summed E-state index contributed by atoms with van der Waals surface area (Å²) in [4.78, 5) is 50.7. The first-order valence-electron chi connectivity index (χ1n) is 11.4. The summed E-state index contributed by atoms with van der Waals surface area (Å²) in [5.41, 5.74) is 0.571. The predicted octanol–water partition coefficient (Wildman–Crippen LogP) is 2.97. The van der Waals surface area contributed by atoms with Gasteiger partial charge in [-0.25, -0.2) is 14.4 Å². The van der Waals surface area contributed by atoms with E-state index in [0.29, 0.717) is 0 Å². The number of ketones is 1. The number of carbonyl (C=O) groups is 4. The third-order valence-electron chi connectivity index (χ3n) is 5.77. The molecule has 4 atom stereocenters. The Hall–Kier alpha value is -4.34. The minimum absolute atomic E-state index is 0.139. The molecule has 0 spiro atoms. The second kappa shape index (κ2) is 11.2. The molecule has 0 aromatic heterocycles. The lowest BCUT2D eigenvalue weighted by molar-refractivity contribution is -0.222. The smallest absolute Gasteiger partial charge is 0.338 e. The Morgan fingerprint density at radius 2 is 1.16 bits per heavy atom. The Morgan fingerprint density at radius 1 is 0.730 bits per heavy atom. The van der Waals surface area contributed by atoms with E-state index >= 15 is 0 Å². The average Bonchev–Trinajstić information content (AvgIpc) is 3.20. The van der Waals surface area contributed by atoms with Crippen LogP contribution in [0.2, 0.25) is 0 Å². The Balaban J connectivity index is 1.63. The van der Waals surface area contributed by atoms with Crippen LogP contribution >= 0.6 is 0 Å². The molecule has 0 aliphatic carbocycles. The third kappa shape index (κ3) is 5.74. The molecule has 0 amide bonds. The SMILES string of the molecule is CC(=O)C1(O)O[C@H](COC(=O)c2ccccc2)[C@@H](OC(=O)c2ccccc2)[C@@H]1OC(=O)c1ccccc1. The predicted molar refractivity (Wildman–Crippen MR) is 129 cm³/mol. The Bertz CT molecular complexity index is 1260. The van der Waals surface area contributed by atoms with Crippen LogP contribution in [0.25, 0.3) is 0 Å². The zero-order chi connectivity index (χ0) is 26.4. The van der Waals surface area contributed by atoms with Crippen LogP contribution in [0.3, 0.4) is 0 Å². The van der Waals surface area contributed by atoms with Gasteiger partial charge in [-0.1, -0.05) is 54.6 Å². The van der Waals surface area contributed by atoms with Crippen molar-refractivity contribution in [3.8, 4) is 0 Å². The highest BCUT2D eigenvalue weighted by Gasteiger charge is 2.62. The Kier molecular flexibility index (Phi) is 7.76. The zero-order valence-corrected chi connectivity index (χ0v) is 19.8. The van der Waals surface area contributed by atoms with Gasteiger partial charge in [-0.3, -0.25) is 4.79 Å². The highest BCUT2D eigenvalue weighted by Crippen LogP contribution is 2.36. The lowest BCUT2D eigenvalue weighted by Gasteiger charge is -2.27. The van der Waals surface area contributed by atoms with Crippen molar-refractivity contribution < 1.29 is 43.2 Å². The van der Waals surface area contributed by atoms with Crippen LogP contribution in [0.4, 0.5) is 0 Å². The molecule has 1 fully saturated rings. The molecule has 0 radical (unpaired) electrons. The van der Waals surface area contributed by atoms with Gasteiger partial charge in [-0.15, -0.1) is 0 Å². The largest absolute Gasteiger partial charge is 0.459 e. The van der Waals surface area contributed by atoms with Gasteiger partial charge in [-0.05, 0) is 36.4 Å². The summed E-state index contributed by atoms with van der Waals surface area (Å²) in [7, 11) is 0. The van der Waals surface area contributed by atoms with Gasteiger partial charge in [0.05, 0.1) is 16.7 Å². The van der Waals surface area contributed by atoms with Gasteiger partial charge in [0.25, 0.3) is 5.79 Å². The number of rotatable bonds is 8. The summed E-state index contributed by atoms with van der Waals surface area (Å²) in [5, 5.41) is 11.1. The van der Waals surface area contributed by atoms with Crippen LogP contribution in [0, 0.1) is 0 Å². The van der Waals surface area contributed by atoms with Crippen molar-refractivity contribution in [1.82, 2.24) is 0 Å².